The van der Waals surface area contributed by atoms with Crippen LogP contribution in [0.4, 0.5) is 5.69 Å². The van der Waals surface area contributed by atoms with Crippen molar-refractivity contribution in [2.75, 3.05) is 11.9 Å². The summed E-state index contributed by atoms with van der Waals surface area (Å²) in [4.78, 5) is 24.4. The number of hydrogen-bond donors (Lipinski definition) is 1. The molecule has 1 unspecified atom stereocenters. The molecule has 0 heterocycles. The van der Waals surface area contributed by atoms with Crippen LogP contribution in [0, 0.1) is 17.2 Å². The van der Waals surface area contributed by atoms with Gasteiger partial charge in [-0.05, 0) is 49.2 Å². The Morgan fingerprint density at radius 2 is 1.74 bits per heavy atom. The van der Waals surface area contributed by atoms with E-state index in [1.54, 1.807) is 48.5 Å². The molecule has 2 aromatic rings. The monoisotopic (exact) mass is 366 g/mol. The lowest BCUT2D eigenvalue weighted by Gasteiger charge is -2.14. The SMILES string of the molecule is CC(C)COc1ccc(C(=O)OC(C)C(=O)Nc2ccccc2C#N)cc1. The molecule has 0 aromatic heterocycles. The Morgan fingerprint density at radius 1 is 1.07 bits per heavy atom. The fraction of sp³-hybridized carbons (Fsp3) is 0.286. The minimum absolute atomic E-state index is 0.323. The van der Waals surface area contributed by atoms with Gasteiger partial charge in [-0.25, -0.2) is 4.79 Å². The van der Waals surface area contributed by atoms with Gasteiger partial charge < -0.3 is 14.8 Å². The highest BCUT2D eigenvalue weighted by molar-refractivity contribution is 5.98. The zero-order chi connectivity index (χ0) is 19.8. The molecule has 1 N–H and O–H groups in total. The molecule has 1 amide bonds. The lowest BCUT2D eigenvalue weighted by molar-refractivity contribution is -0.123. The third-order valence-electron chi connectivity index (χ3n) is 3.63. The lowest BCUT2D eigenvalue weighted by Crippen LogP contribution is -2.30. The number of amides is 1. The summed E-state index contributed by atoms with van der Waals surface area (Å²) >= 11 is 0. The number of esters is 1. The Morgan fingerprint density at radius 3 is 2.37 bits per heavy atom. The molecular formula is C21H22N2O4. The van der Waals surface area contributed by atoms with Gasteiger partial charge in [-0.15, -0.1) is 0 Å². The van der Waals surface area contributed by atoms with Crippen LogP contribution in [-0.4, -0.2) is 24.6 Å². The Balaban J connectivity index is 1.94. The highest BCUT2D eigenvalue weighted by Gasteiger charge is 2.20. The number of ether oxygens (including phenoxy) is 2. The third-order valence-corrected chi connectivity index (χ3v) is 3.63. The minimum Gasteiger partial charge on any atom is -0.493 e. The zero-order valence-corrected chi connectivity index (χ0v) is 15.6. The molecule has 2 rings (SSSR count). The highest BCUT2D eigenvalue weighted by atomic mass is 16.5. The fourth-order valence-electron chi connectivity index (χ4n) is 2.16. The average Bonchev–Trinajstić information content (AvgIpc) is 2.67. The molecule has 1 atom stereocenters. The van der Waals surface area contributed by atoms with E-state index in [0.29, 0.717) is 35.1 Å². The van der Waals surface area contributed by atoms with Gasteiger partial charge in [0, 0.05) is 0 Å². The van der Waals surface area contributed by atoms with Crippen LogP contribution in [-0.2, 0) is 9.53 Å². The van der Waals surface area contributed by atoms with Crippen LogP contribution >= 0.6 is 0 Å². The van der Waals surface area contributed by atoms with Crippen molar-refractivity contribution in [3.63, 3.8) is 0 Å². The van der Waals surface area contributed by atoms with Crippen molar-refractivity contribution in [2.24, 2.45) is 5.92 Å². The van der Waals surface area contributed by atoms with Crippen molar-refractivity contribution in [1.29, 1.82) is 5.26 Å². The quantitative estimate of drug-likeness (QED) is 0.754. The second-order valence-corrected chi connectivity index (χ2v) is 6.42. The molecule has 27 heavy (non-hydrogen) atoms. The fourth-order valence-corrected chi connectivity index (χ4v) is 2.16. The lowest BCUT2D eigenvalue weighted by atomic mass is 10.2. The van der Waals surface area contributed by atoms with Crippen LogP contribution < -0.4 is 10.1 Å². The van der Waals surface area contributed by atoms with E-state index in [1.165, 1.54) is 6.92 Å². The van der Waals surface area contributed by atoms with E-state index in [0.717, 1.165) is 0 Å². The van der Waals surface area contributed by atoms with Crippen molar-refractivity contribution in [1.82, 2.24) is 0 Å². The molecule has 6 nitrogen and oxygen atoms in total. The van der Waals surface area contributed by atoms with Crippen molar-refractivity contribution in [2.45, 2.75) is 26.9 Å². The first-order chi connectivity index (χ1) is 12.9. The number of rotatable bonds is 7. The normalized spacial score (nSPS) is 11.4. The number of para-hydroxylation sites is 1. The molecule has 140 valence electrons. The predicted octanol–water partition coefficient (Wildman–Crippen LogP) is 3.78. The van der Waals surface area contributed by atoms with Gasteiger partial charge in [-0.1, -0.05) is 26.0 Å². The smallest absolute Gasteiger partial charge is 0.338 e. The number of nitrogens with one attached hydrogen (secondary N) is 1. The van der Waals surface area contributed by atoms with Gasteiger partial charge in [0.05, 0.1) is 23.4 Å². The maximum absolute atomic E-state index is 12.2. The zero-order valence-electron chi connectivity index (χ0n) is 15.6. The van der Waals surface area contributed by atoms with E-state index < -0.39 is 18.0 Å². The topological polar surface area (TPSA) is 88.4 Å². The number of hydrogen-bond acceptors (Lipinski definition) is 5. The Kier molecular flexibility index (Phi) is 6.95. The standard InChI is InChI=1S/C21H22N2O4/c1-14(2)13-26-18-10-8-16(9-11-18)21(25)27-15(3)20(24)23-19-7-5-4-6-17(19)12-22/h4-11,14-15H,13H2,1-3H3,(H,23,24). The summed E-state index contributed by atoms with van der Waals surface area (Å²) in [6, 6.07) is 15.2. The van der Waals surface area contributed by atoms with Gasteiger partial charge in [0.1, 0.15) is 11.8 Å². The van der Waals surface area contributed by atoms with Gasteiger partial charge in [-0.3, -0.25) is 4.79 Å². The first-order valence-electron chi connectivity index (χ1n) is 8.64. The van der Waals surface area contributed by atoms with Crippen LogP contribution in [0.1, 0.15) is 36.7 Å². The Bertz CT molecular complexity index is 838. The van der Waals surface area contributed by atoms with Gasteiger partial charge in [0.2, 0.25) is 0 Å². The number of carbonyl (C=O) groups excluding carboxylic acids is 2. The first kappa shape index (κ1) is 20.0. The molecule has 0 aliphatic heterocycles. The van der Waals surface area contributed by atoms with Crippen molar-refractivity contribution in [3.8, 4) is 11.8 Å². The van der Waals surface area contributed by atoms with Crippen molar-refractivity contribution < 1.29 is 19.1 Å². The molecular weight excluding hydrogens is 344 g/mol. The number of nitriles is 1. The van der Waals surface area contributed by atoms with Gasteiger partial charge in [0.25, 0.3) is 5.91 Å². The molecule has 0 fully saturated rings. The van der Waals surface area contributed by atoms with E-state index in [-0.39, 0.29) is 0 Å². The predicted molar refractivity (Wildman–Crippen MR) is 101 cm³/mol. The van der Waals surface area contributed by atoms with Gasteiger partial charge in [-0.2, -0.15) is 5.26 Å². The minimum atomic E-state index is -1.01. The molecule has 2 aromatic carbocycles. The van der Waals surface area contributed by atoms with Crippen LogP contribution in [0.5, 0.6) is 5.75 Å². The third kappa shape index (κ3) is 5.86. The molecule has 0 spiro atoms. The summed E-state index contributed by atoms with van der Waals surface area (Å²) in [5, 5.41) is 11.7. The van der Waals surface area contributed by atoms with Crippen molar-refractivity contribution >= 4 is 17.6 Å². The van der Waals surface area contributed by atoms with E-state index in [4.69, 9.17) is 14.7 Å². The summed E-state index contributed by atoms with van der Waals surface area (Å²) in [5.74, 6) is -0.0520. The Labute approximate surface area is 158 Å². The summed E-state index contributed by atoms with van der Waals surface area (Å²) in [5.41, 5.74) is 1.03. The van der Waals surface area contributed by atoms with Crippen LogP contribution in [0.25, 0.3) is 0 Å². The number of anilines is 1. The molecule has 0 aliphatic rings. The Hall–Kier alpha value is -3.33. The van der Waals surface area contributed by atoms with Gasteiger partial charge >= 0.3 is 5.97 Å². The molecule has 0 saturated carbocycles. The van der Waals surface area contributed by atoms with Crippen LogP contribution in [0.2, 0.25) is 0 Å². The molecule has 0 radical (unpaired) electrons. The maximum Gasteiger partial charge on any atom is 0.338 e. The summed E-state index contributed by atoms with van der Waals surface area (Å²) in [6.45, 7) is 6.16. The average molecular weight is 366 g/mol. The summed E-state index contributed by atoms with van der Waals surface area (Å²) in [7, 11) is 0. The number of carbonyl (C=O) groups is 2. The van der Waals surface area contributed by atoms with E-state index in [2.05, 4.69) is 5.32 Å². The van der Waals surface area contributed by atoms with Gasteiger partial charge in [0.15, 0.2) is 6.10 Å². The van der Waals surface area contributed by atoms with Crippen LogP contribution in [0.15, 0.2) is 48.5 Å². The molecule has 6 heteroatoms. The number of nitrogens with zero attached hydrogens (tertiary/aromatic N) is 1. The number of benzene rings is 2. The van der Waals surface area contributed by atoms with Crippen LogP contribution in [0.3, 0.4) is 0 Å². The molecule has 0 bridgehead atoms. The second-order valence-electron chi connectivity index (χ2n) is 6.42. The molecule has 0 aliphatic carbocycles. The summed E-state index contributed by atoms with van der Waals surface area (Å²) < 4.78 is 10.8. The second kappa shape index (κ2) is 9.39. The van der Waals surface area contributed by atoms with E-state index in [1.807, 2.05) is 19.9 Å². The summed E-state index contributed by atoms with van der Waals surface area (Å²) in [6.07, 6.45) is -1.01. The van der Waals surface area contributed by atoms with E-state index in [9.17, 15) is 9.59 Å². The highest BCUT2D eigenvalue weighted by Crippen LogP contribution is 2.16. The largest absolute Gasteiger partial charge is 0.493 e. The van der Waals surface area contributed by atoms with E-state index >= 15 is 0 Å². The van der Waals surface area contributed by atoms with Crippen molar-refractivity contribution in [3.05, 3.63) is 59.7 Å². The first-order valence-corrected chi connectivity index (χ1v) is 8.64. The maximum atomic E-state index is 12.2. The molecule has 0 saturated heterocycles.